The minimum Gasteiger partial charge on any atom is -0.475 e. The Morgan fingerprint density at radius 3 is 2.33 bits per heavy atom. The molecule has 118 valence electrons. The van der Waals surface area contributed by atoms with Gasteiger partial charge in [0, 0.05) is 12.2 Å². The Hall–Kier alpha value is -3.21. The lowest BCUT2D eigenvalue weighted by Gasteiger charge is -2.17. The molecule has 5 nitrogen and oxygen atoms in total. The lowest BCUT2D eigenvalue weighted by Crippen LogP contribution is -2.31. The predicted octanol–water partition coefficient (Wildman–Crippen LogP) is 2.63. The molecule has 24 heavy (non-hydrogen) atoms. The molecule has 0 unspecified atom stereocenters. The van der Waals surface area contributed by atoms with Crippen LogP contribution < -0.4 is 4.90 Å². The molecule has 2 aromatic rings. The highest BCUT2D eigenvalue weighted by Gasteiger charge is 2.30. The molecule has 2 amide bonds. The third-order valence-corrected chi connectivity index (χ3v) is 4.02. The molecule has 0 N–H and O–H groups in total. The minimum atomic E-state index is -0.356. The van der Waals surface area contributed by atoms with Crippen LogP contribution in [-0.4, -0.2) is 24.3 Å². The summed E-state index contributed by atoms with van der Waals surface area (Å²) in [6.45, 7) is 0.438. The topological polar surface area (TPSA) is 59.0 Å². The molecule has 0 saturated carbocycles. The first kappa shape index (κ1) is 14.4. The number of imide groups is 1. The van der Waals surface area contributed by atoms with Crippen molar-refractivity contribution in [3.05, 3.63) is 77.9 Å². The number of rotatable bonds is 3. The maximum absolute atomic E-state index is 12.0. The molecule has 0 fully saturated rings. The maximum atomic E-state index is 12.0. The molecule has 1 atom stereocenters. The van der Waals surface area contributed by atoms with E-state index in [2.05, 4.69) is 4.99 Å². The van der Waals surface area contributed by atoms with Gasteiger partial charge in [0.1, 0.15) is 12.6 Å². The van der Waals surface area contributed by atoms with Crippen LogP contribution in [-0.2, 0) is 14.3 Å². The van der Waals surface area contributed by atoms with Crippen molar-refractivity contribution in [2.75, 3.05) is 11.5 Å². The number of hydrogen-bond acceptors (Lipinski definition) is 4. The number of ether oxygens (including phenoxy) is 1. The normalized spacial score (nSPS) is 19.6. The van der Waals surface area contributed by atoms with Crippen molar-refractivity contribution in [1.82, 2.24) is 0 Å². The van der Waals surface area contributed by atoms with Crippen LogP contribution in [0.15, 0.2) is 71.7 Å². The van der Waals surface area contributed by atoms with Gasteiger partial charge in [-0.2, -0.15) is 0 Å². The van der Waals surface area contributed by atoms with Gasteiger partial charge in [-0.15, -0.1) is 0 Å². The van der Waals surface area contributed by atoms with Crippen LogP contribution in [0.3, 0.4) is 0 Å². The molecule has 2 aliphatic rings. The zero-order valence-electron chi connectivity index (χ0n) is 12.8. The molecule has 0 aromatic heterocycles. The average molecular weight is 318 g/mol. The van der Waals surface area contributed by atoms with Gasteiger partial charge in [0.05, 0.1) is 11.3 Å². The molecule has 2 aliphatic heterocycles. The van der Waals surface area contributed by atoms with Crippen molar-refractivity contribution in [3.63, 3.8) is 0 Å². The lowest BCUT2D eigenvalue weighted by molar-refractivity contribution is -0.119. The van der Waals surface area contributed by atoms with Crippen molar-refractivity contribution >= 4 is 23.4 Å². The number of nitrogens with zero attached hydrogens (tertiary/aromatic N) is 2. The van der Waals surface area contributed by atoms with Crippen LogP contribution >= 0.6 is 0 Å². The Balaban J connectivity index is 1.71. The summed E-state index contributed by atoms with van der Waals surface area (Å²) in [5.41, 5.74) is 2.20. The quantitative estimate of drug-likeness (QED) is 0.818. The summed E-state index contributed by atoms with van der Waals surface area (Å²) in [5, 5.41) is 0. The summed E-state index contributed by atoms with van der Waals surface area (Å²) in [6, 6.07) is 16.9. The van der Waals surface area contributed by atoms with Gasteiger partial charge in [0.25, 0.3) is 11.8 Å². The Morgan fingerprint density at radius 2 is 1.58 bits per heavy atom. The van der Waals surface area contributed by atoms with Gasteiger partial charge in [-0.25, -0.2) is 9.89 Å². The van der Waals surface area contributed by atoms with Crippen molar-refractivity contribution in [2.24, 2.45) is 4.99 Å². The number of aliphatic imine (C=N–C) groups is 1. The summed E-state index contributed by atoms with van der Waals surface area (Å²) in [6.07, 6.45) is 2.53. The number of carbonyl (C=O) groups is 2. The molecular formula is C19H14N2O3. The molecule has 0 radical (unpaired) electrons. The second kappa shape index (κ2) is 5.77. The van der Waals surface area contributed by atoms with E-state index in [1.54, 1.807) is 18.2 Å². The molecule has 0 spiro atoms. The van der Waals surface area contributed by atoms with Crippen molar-refractivity contribution in [3.8, 4) is 0 Å². The number of amides is 2. The predicted molar refractivity (Wildman–Crippen MR) is 89.7 cm³/mol. The molecule has 4 rings (SSSR count). The molecule has 0 saturated heterocycles. The van der Waals surface area contributed by atoms with Gasteiger partial charge in [-0.1, -0.05) is 42.5 Å². The van der Waals surface area contributed by atoms with Gasteiger partial charge < -0.3 is 4.74 Å². The third-order valence-electron chi connectivity index (χ3n) is 4.02. The van der Waals surface area contributed by atoms with Crippen molar-refractivity contribution < 1.29 is 14.3 Å². The number of carbonyl (C=O) groups excluding carboxylic acids is 2. The number of anilines is 1. The summed E-state index contributed by atoms with van der Waals surface area (Å²) in [7, 11) is 0. The van der Waals surface area contributed by atoms with E-state index in [0.717, 1.165) is 10.5 Å². The average Bonchev–Trinajstić information content (AvgIpc) is 3.23. The van der Waals surface area contributed by atoms with Crippen molar-refractivity contribution in [1.29, 1.82) is 0 Å². The molecule has 0 aliphatic carbocycles. The highest BCUT2D eigenvalue weighted by atomic mass is 16.5. The van der Waals surface area contributed by atoms with Crippen LogP contribution in [0.5, 0.6) is 0 Å². The van der Waals surface area contributed by atoms with Crippen LogP contribution in [0, 0.1) is 0 Å². The summed E-state index contributed by atoms with van der Waals surface area (Å²) in [5.74, 6) is -0.261. The first-order valence-corrected chi connectivity index (χ1v) is 7.65. The largest absolute Gasteiger partial charge is 0.475 e. The number of para-hydroxylation sites is 1. The van der Waals surface area contributed by atoms with Gasteiger partial charge in [-0.3, -0.25) is 9.59 Å². The zero-order chi connectivity index (χ0) is 16.5. The number of benzene rings is 2. The minimum absolute atomic E-state index is 0.0858. The summed E-state index contributed by atoms with van der Waals surface area (Å²) >= 11 is 0. The fourth-order valence-corrected chi connectivity index (χ4v) is 2.85. The molecule has 2 aromatic carbocycles. The Bertz CT molecular complexity index is 853. The SMILES string of the molecule is O=C1C=CC(=O)N1c1ccccc1C1=N[C@H](c2ccccc2)CO1. The monoisotopic (exact) mass is 318 g/mol. The Kier molecular flexibility index (Phi) is 3.46. The lowest BCUT2D eigenvalue weighted by atomic mass is 10.1. The standard InChI is InChI=1S/C19H14N2O3/c22-17-10-11-18(23)21(17)16-9-5-4-8-14(16)19-20-15(12-24-19)13-6-2-1-3-7-13/h1-11,15H,12H2/t15-/m0/s1. The van der Waals surface area contributed by atoms with Gasteiger partial charge >= 0.3 is 0 Å². The molecule has 0 bridgehead atoms. The smallest absolute Gasteiger partial charge is 0.258 e. The molecular weight excluding hydrogens is 304 g/mol. The van der Waals surface area contributed by atoms with E-state index in [0.29, 0.717) is 23.8 Å². The van der Waals surface area contributed by atoms with E-state index in [1.165, 1.54) is 12.2 Å². The maximum Gasteiger partial charge on any atom is 0.258 e. The Morgan fingerprint density at radius 1 is 0.917 bits per heavy atom. The second-order valence-corrected chi connectivity index (χ2v) is 5.53. The van der Waals surface area contributed by atoms with Crippen LogP contribution in [0.25, 0.3) is 0 Å². The highest BCUT2D eigenvalue weighted by Crippen LogP contribution is 2.30. The third kappa shape index (κ3) is 2.40. The van der Waals surface area contributed by atoms with E-state index in [-0.39, 0.29) is 17.9 Å². The first-order chi connectivity index (χ1) is 11.7. The van der Waals surface area contributed by atoms with Crippen molar-refractivity contribution in [2.45, 2.75) is 6.04 Å². The molecule has 5 heteroatoms. The first-order valence-electron chi connectivity index (χ1n) is 7.65. The summed E-state index contributed by atoms with van der Waals surface area (Å²) < 4.78 is 5.76. The second-order valence-electron chi connectivity index (χ2n) is 5.53. The summed E-state index contributed by atoms with van der Waals surface area (Å²) in [4.78, 5) is 29.7. The van der Waals surface area contributed by atoms with E-state index in [4.69, 9.17) is 4.74 Å². The van der Waals surface area contributed by atoms with Crippen LogP contribution in [0.4, 0.5) is 5.69 Å². The van der Waals surface area contributed by atoms with E-state index in [9.17, 15) is 9.59 Å². The number of hydrogen-bond donors (Lipinski definition) is 0. The highest BCUT2D eigenvalue weighted by molar-refractivity contribution is 6.29. The van der Waals surface area contributed by atoms with E-state index < -0.39 is 0 Å². The van der Waals surface area contributed by atoms with Crippen LogP contribution in [0.1, 0.15) is 17.2 Å². The van der Waals surface area contributed by atoms with Gasteiger partial charge in [0.2, 0.25) is 5.90 Å². The van der Waals surface area contributed by atoms with E-state index >= 15 is 0 Å². The van der Waals surface area contributed by atoms with E-state index in [1.807, 2.05) is 36.4 Å². The zero-order valence-corrected chi connectivity index (χ0v) is 12.8. The van der Waals surface area contributed by atoms with Gasteiger partial charge in [0.15, 0.2) is 0 Å². The van der Waals surface area contributed by atoms with Gasteiger partial charge in [-0.05, 0) is 17.7 Å². The fourth-order valence-electron chi connectivity index (χ4n) is 2.85. The molecule has 2 heterocycles. The Labute approximate surface area is 138 Å². The fraction of sp³-hybridized carbons (Fsp3) is 0.105. The van der Waals surface area contributed by atoms with Crippen LogP contribution in [0.2, 0.25) is 0 Å².